The molecule has 5 heteroatoms. The Morgan fingerprint density at radius 3 is 2.58 bits per heavy atom. The number of rotatable bonds is 8. The summed E-state index contributed by atoms with van der Waals surface area (Å²) in [4.78, 5) is 0. The van der Waals surface area contributed by atoms with Crippen molar-refractivity contribution >= 4 is 5.84 Å². The van der Waals surface area contributed by atoms with Gasteiger partial charge in [-0.3, -0.25) is 0 Å². The molecule has 0 aliphatic rings. The lowest BCUT2D eigenvalue weighted by Gasteiger charge is -2.17. The van der Waals surface area contributed by atoms with E-state index in [0.717, 1.165) is 18.6 Å². The van der Waals surface area contributed by atoms with Gasteiger partial charge >= 0.3 is 0 Å². The minimum absolute atomic E-state index is 0.0827. The fourth-order valence-corrected chi connectivity index (χ4v) is 1.69. The van der Waals surface area contributed by atoms with Crippen molar-refractivity contribution in [3.05, 3.63) is 29.8 Å². The maximum atomic E-state index is 8.56. The summed E-state index contributed by atoms with van der Waals surface area (Å²) in [7, 11) is 1.69. The molecule has 1 rings (SSSR count). The van der Waals surface area contributed by atoms with Crippen LogP contribution in [-0.2, 0) is 11.2 Å². The van der Waals surface area contributed by atoms with Crippen LogP contribution in [0.15, 0.2) is 29.4 Å². The highest BCUT2D eigenvalue weighted by Crippen LogP contribution is 2.16. The van der Waals surface area contributed by atoms with Crippen molar-refractivity contribution in [2.75, 3.05) is 13.7 Å². The molecular formula is C14H22N2O3. The Kier molecular flexibility index (Phi) is 6.74. The number of hydrogen-bond donors (Lipinski definition) is 2. The zero-order valence-corrected chi connectivity index (χ0v) is 11.5. The molecule has 0 amide bonds. The van der Waals surface area contributed by atoms with Gasteiger partial charge in [-0.05, 0) is 30.5 Å². The van der Waals surface area contributed by atoms with Crippen LogP contribution in [0.25, 0.3) is 0 Å². The first-order valence-electron chi connectivity index (χ1n) is 6.40. The molecule has 0 aliphatic carbocycles. The molecule has 0 fully saturated rings. The number of nitrogens with two attached hydrogens (primary N) is 1. The Bertz CT molecular complexity index is 390. The van der Waals surface area contributed by atoms with E-state index in [1.807, 2.05) is 31.2 Å². The minimum atomic E-state index is -0.0827. The first-order chi connectivity index (χ1) is 9.19. The highest BCUT2D eigenvalue weighted by atomic mass is 16.5. The number of ether oxygens (including phenoxy) is 2. The van der Waals surface area contributed by atoms with Crippen LogP contribution >= 0.6 is 0 Å². The van der Waals surface area contributed by atoms with Gasteiger partial charge in [-0.2, -0.15) is 0 Å². The monoisotopic (exact) mass is 266 g/mol. The van der Waals surface area contributed by atoms with Crippen LogP contribution in [0.5, 0.6) is 5.75 Å². The van der Waals surface area contributed by atoms with Crippen LogP contribution in [0.3, 0.4) is 0 Å². The molecule has 1 unspecified atom stereocenters. The van der Waals surface area contributed by atoms with Gasteiger partial charge in [0, 0.05) is 13.5 Å². The third-order valence-corrected chi connectivity index (χ3v) is 2.84. The van der Waals surface area contributed by atoms with Crippen molar-refractivity contribution < 1.29 is 14.7 Å². The maximum absolute atomic E-state index is 8.56. The summed E-state index contributed by atoms with van der Waals surface area (Å²) in [5.41, 5.74) is 6.70. The second kappa shape index (κ2) is 8.37. The zero-order valence-electron chi connectivity index (χ0n) is 11.5. The number of benzene rings is 1. The third kappa shape index (κ3) is 5.61. The fourth-order valence-electron chi connectivity index (χ4n) is 1.69. The van der Waals surface area contributed by atoms with Crippen molar-refractivity contribution in [2.24, 2.45) is 10.9 Å². The number of amidine groups is 1. The Balaban J connectivity index is 2.55. The largest absolute Gasteiger partial charge is 0.490 e. The highest BCUT2D eigenvalue weighted by molar-refractivity contribution is 5.80. The van der Waals surface area contributed by atoms with E-state index < -0.39 is 0 Å². The molecule has 0 radical (unpaired) electrons. The van der Waals surface area contributed by atoms with Gasteiger partial charge in [0.1, 0.15) is 17.7 Å². The summed E-state index contributed by atoms with van der Waals surface area (Å²) in [6, 6.07) is 7.90. The summed E-state index contributed by atoms with van der Waals surface area (Å²) in [6.07, 6.45) is 2.01. The highest BCUT2D eigenvalue weighted by Gasteiger charge is 2.10. The molecule has 0 heterocycles. The predicted octanol–water partition coefficient (Wildman–Crippen LogP) is 2.17. The fraction of sp³-hybridized carbons (Fsp3) is 0.500. The van der Waals surface area contributed by atoms with E-state index >= 15 is 0 Å². The SMILES string of the molecule is CCC(C/C(N)=N/O)Oc1ccc(CCOC)cc1. The summed E-state index contributed by atoms with van der Waals surface area (Å²) in [5, 5.41) is 11.5. The second-order valence-electron chi connectivity index (χ2n) is 4.33. The lowest BCUT2D eigenvalue weighted by Crippen LogP contribution is -2.24. The molecule has 0 saturated carbocycles. The molecule has 0 saturated heterocycles. The van der Waals surface area contributed by atoms with E-state index in [-0.39, 0.29) is 11.9 Å². The van der Waals surface area contributed by atoms with Gasteiger partial charge in [-0.15, -0.1) is 0 Å². The summed E-state index contributed by atoms with van der Waals surface area (Å²) < 4.78 is 10.8. The van der Waals surface area contributed by atoms with Crippen molar-refractivity contribution in [2.45, 2.75) is 32.3 Å². The molecule has 3 N–H and O–H groups in total. The minimum Gasteiger partial charge on any atom is -0.490 e. The van der Waals surface area contributed by atoms with E-state index in [9.17, 15) is 0 Å². The van der Waals surface area contributed by atoms with Gasteiger partial charge in [0.2, 0.25) is 0 Å². The average molecular weight is 266 g/mol. The third-order valence-electron chi connectivity index (χ3n) is 2.84. The van der Waals surface area contributed by atoms with Crippen LogP contribution < -0.4 is 10.5 Å². The van der Waals surface area contributed by atoms with E-state index in [1.165, 1.54) is 5.56 Å². The molecule has 0 bridgehead atoms. The zero-order chi connectivity index (χ0) is 14.1. The number of methoxy groups -OCH3 is 1. The van der Waals surface area contributed by atoms with Crippen molar-refractivity contribution in [3.63, 3.8) is 0 Å². The molecule has 1 aromatic rings. The normalized spacial score (nSPS) is 13.3. The van der Waals surface area contributed by atoms with Gasteiger partial charge in [0.15, 0.2) is 0 Å². The average Bonchev–Trinajstić information content (AvgIpc) is 2.45. The maximum Gasteiger partial charge on any atom is 0.142 e. The lowest BCUT2D eigenvalue weighted by molar-refractivity contribution is 0.200. The van der Waals surface area contributed by atoms with Crippen LogP contribution in [0.1, 0.15) is 25.3 Å². The Morgan fingerprint density at radius 2 is 2.05 bits per heavy atom. The van der Waals surface area contributed by atoms with Crippen LogP contribution in [0.2, 0.25) is 0 Å². The molecule has 0 spiro atoms. The van der Waals surface area contributed by atoms with E-state index in [4.69, 9.17) is 20.4 Å². The first kappa shape index (κ1) is 15.3. The summed E-state index contributed by atoms with van der Waals surface area (Å²) >= 11 is 0. The Labute approximate surface area is 114 Å². The summed E-state index contributed by atoms with van der Waals surface area (Å²) in [6.45, 7) is 2.71. The van der Waals surface area contributed by atoms with E-state index in [0.29, 0.717) is 13.0 Å². The topological polar surface area (TPSA) is 77.1 Å². The Hall–Kier alpha value is -1.75. The standard InChI is InChI=1S/C14H22N2O3/c1-3-12(10-14(15)16-17)19-13-6-4-11(5-7-13)8-9-18-2/h4-7,12,17H,3,8-10H2,1-2H3,(H2,15,16). The van der Waals surface area contributed by atoms with Crippen molar-refractivity contribution in [1.29, 1.82) is 0 Å². The van der Waals surface area contributed by atoms with Crippen LogP contribution in [0.4, 0.5) is 0 Å². The smallest absolute Gasteiger partial charge is 0.142 e. The number of oxime groups is 1. The first-order valence-corrected chi connectivity index (χ1v) is 6.40. The van der Waals surface area contributed by atoms with Crippen LogP contribution in [0, 0.1) is 0 Å². The van der Waals surface area contributed by atoms with Gasteiger partial charge in [-0.25, -0.2) is 0 Å². The van der Waals surface area contributed by atoms with Crippen molar-refractivity contribution in [3.8, 4) is 5.75 Å². The van der Waals surface area contributed by atoms with Gasteiger partial charge in [0.25, 0.3) is 0 Å². The lowest BCUT2D eigenvalue weighted by atomic mass is 10.1. The quantitative estimate of drug-likeness (QED) is 0.327. The number of nitrogens with zero attached hydrogens (tertiary/aromatic N) is 1. The van der Waals surface area contributed by atoms with Gasteiger partial charge in [-0.1, -0.05) is 24.2 Å². The molecule has 0 aromatic heterocycles. The van der Waals surface area contributed by atoms with Gasteiger partial charge < -0.3 is 20.4 Å². The predicted molar refractivity (Wildman–Crippen MR) is 74.8 cm³/mol. The summed E-state index contributed by atoms with van der Waals surface area (Å²) in [5.74, 6) is 0.974. The molecule has 5 nitrogen and oxygen atoms in total. The molecule has 19 heavy (non-hydrogen) atoms. The van der Waals surface area contributed by atoms with E-state index in [2.05, 4.69) is 5.16 Å². The van der Waals surface area contributed by atoms with Gasteiger partial charge in [0.05, 0.1) is 6.61 Å². The van der Waals surface area contributed by atoms with Crippen molar-refractivity contribution in [1.82, 2.24) is 0 Å². The van der Waals surface area contributed by atoms with Crippen LogP contribution in [-0.4, -0.2) is 30.9 Å². The Morgan fingerprint density at radius 1 is 1.37 bits per heavy atom. The molecule has 1 atom stereocenters. The molecule has 0 aliphatic heterocycles. The number of hydrogen-bond acceptors (Lipinski definition) is 4. The molecule has 1 aromatic carbocycles. The second-order valence-corrected chi connectivity index (χ2v) is 4.33. The molecular weight excluding hydrogens is 244 g/mol. The van der Waals surface area contributed by atoms with E-state index in [1.54, 1.807) is 7.11 Å². The molecule has 106 valence electrons.